The van der Waals surface area contributed by atoms with Gasteiger partial charge in [-0.1, -0.05) is 9.98 Å². The zero-order valence-corrected chi connectivity index (χ0v) is 10.9. The van der Waals surface area contributed by atoms with Gasteiger partial charge in [0, 0.05) is 32.3 Å². The van der Waals surface area contributed by atoms with Crippen LogP contribution in [0.1, 0.15) is 19.4 Å². The van der Waals surface area contributed by atoms with Crippen LogP contribution >= 0.6 is 0 Å². The number of carbonyl (C=O) groups is 2. The van der Waals surface area contributed by atoms with Crippen molar-refractivity contribution in [3.63, 3.8) is 0 Å². The summed E-state index contributed by atoms with van der Waals surface area (Å²) in [4.78, 5) is 37.9. The second-order valence-corrected chi connectivity index (χ2v) is 3.92. The van der Waals surface area contributed by atoms with Crippen molar-refractivity contribution in [2.45, 2.75) is 13.8 Å². The van der Waals surface area contributed by atoms with E-state index >= 15 is 0 Å². The predicted octanol–water partition coefficient (Wildman–Crippen LogP) is -0.421. The second-order valence-electron chi connectivity index (χ2n) is 3.92. The van der Waals surface area contributed by atoms with E-state index < -0.39 is 0 Å². The van der Waals surface area contributed by atoms with Crippen LogP contribution in [0, 0.1) is 0 Å². The average Bonchev–Trinajstić information content (AvgIpc) is 2.38. The number of rotatable bonds is 2. The van der Waals surface area contributed by atoms with E-state index in [4.69, 9.17) is 0 Å². The summed E-state index contributed by atoms with van der Waals surface area (Å²) in [6.07, 6.45) is 6.24. The Balaban J connectivity index is 2.18. The molecule has 2 heterocycles. The monoisotopic (exact) mass is 272 g/mol. The van der Waals surface area contributed by atoms with Gasteiger partial charge in [-0.2, -0.15) is 0 Å². The van der Waals surface area contributed by atoms with Gasteiger partial charge in [0.1, 0.15) is 6.20 Å². The number of anilines is 1. The van der Waals surface area contributed by atoms with E-state index in [1.807, 2.05) is 0 Å². The van der Waals surface area contributed by atoms with E-state index in [-0.39, 0.29) is 23.7 Å². The molecule has 8 heteroatoms. The third kappa shape index (κ3) is 3.55. The molecule has 0 saturated carbocycles. The van der Waals surface area contributed by atoms with Crippen LogP contribution in [0.4, 0.5) is 5.95 Å². The minimum absolute atomic E-state index is 0.209. The number of aliphatic imine (C=N–C) groups is 2. The summed E-state index contributed by atoms with van der Waals surface area (Å²) in [6.45, 7) is 2.75. The summed E-state index contributed by atoms with van der Waals surface area (Å²) >= 11 is 0. The van der Waals surface area contributed by atoms with Gasteiger partial charge in [0.2, 0.25) is 11.9 Å². The lowest BCUT2D eigenvalue weighted by molar-refractivity contribution is -0.117. The summed E-state index contributed by atoms with van der Waals surface area (Å²) < 4.78 is 0. The number of hydrogen-bond acceptors (Lipinski definition) is 6. The van der Waals surface area contributed by atoms with Crippen LogP contribution in [-0.4, -0.2) is 33.5 Å². The van der Waals surface area contributed by atoms with Crippen molar-refractivity contribution in [2.75, 3.05) is 5.32 Å². The first-order valence-corrected chi connectivity index (χ1v) is 5.75. The van der Waals surface area contributed by atoms with E-state index in [0.29, 0.717) is 11.3 Å². The van der Waals surface area contributed by atoms with E-state index in [1.54, 1.807) is 6.08 Å². The normalized spacial score (nSPS) is 13.3. The van der Waals surface area contributed by atoms with Crippen LogP contribution in [0.5, 0.6) is 0 Å². The van der Waals surface area contributed by atoms with E-state index in [1.165, 1.54) is 32.4 Å². The molecule has 0 aromatic carbocycles. The lowest BCUT2D eigenvalue weighted by Gasteiger charge is -2.02. The summed E-state index contributed by atoms with van der Waals surface area (Å²) in [5.74, 6) is -0.0644. The summed E-state index contributed by atoms with van der Waals surface area (Å²) in [5, 5.41) is 4.96. The lowest BCUT2D eigenvalue weighted by atomic mass is 10.2. The Kier molecular flexibility index (Phi) is 3.94. The predicted molar refractivity (Wildman–Crippen MR) is 73.0 cm³/mol. The number of nitrogens with zero attached hydrogens (tertiary/aromatic N) is 4. The Morgan fingerprint density at radius 1 is 1.10 bits per heavy atom. The Morgan fingerprint density at radius 3 is 2.35 bits per heavy atom. The van der Waals surface area contributed by atoms with Crippen LogP contribution in [0.25, 0.3) is 0 Å². The lowest BCUT2D eigenvalue weighted by Crippen LogP contribution is -2.34. The second kappa shape index (κ2) is 5.83. The molecule has 2 amide bonds. The first-order chi connectivity index (χ1) is 9.54. The summed E-state index contributed by atoms with van der Waals surface area (Å²) in [5.41, 5.74) is 1.21. The van der Waals surface area contributed by atoms with Gasteiger partial charge in [0.25, 0.3) is 5.91 Å². The standard InChI is InChI=1S/C12H12N6O2/c1-7(19)16-11-14-5-9(6-15-11)10-3-4-13-12(18-10)17-8(2)20/h3-6H,1-2H3,(H,13,17,20)(H,14,15,16,19)/q+1. The first-order valence-electron chi connectivity index (χ1n) is 5.75. The van der Waals surface area contributed by atoms with Gasteiger partial charge in [-0.25, -0.2) is 15.3 Å². The van der Waals surface area contributed by atoms with Gasteiger partial charge < -0.3 is 0 Å². The zero-order chi connectivity index (χ0) is 14.5. The van der Waals surface area contributed by atoms with Crippen LogP contribution in [-0.2, 0) is 9.59 Å². The van der Waals surface area contributed by atoms with Gasteiger partial charge in [-0.3, -0.25) is 14.9 Å². The van der Waals surface area contributed by atoms with Crippen molar-refractivity contribution in [2.24, 2.45) is 4.99 Å². The number of aromatic nitrogens is 2. The number of carbonyl (C=O) groups excluding carboxylic acids is 2. The van der Waals surface area contributed by atoms with Gasteiger partial charge in [0.15, 0.2) is 5.71 Å². The third-order valence-corrected chi connectivity index (χ3v) is 2.18. The van der Waals surface area contributed by atoms with Gasteiger partial charge in [-0.05, 0) is 0 Å². The Bertz CT molecular complexity index is 630. The fourth-order valence-corrected chi connectivity index (χ4v) is 1.42. The highest BCUT2D eigenvalue weighted by Crippen LogP contribution is 2.03. The average molecular weight is 272 g/mol. The van der Waals surface area contributed by atoms with Crippen molar-refractivity contribution in [3.8, 4) is 0 Å². The number of allylic oxidation sites excluding steroid dienone is 1. The molecule has 0 spiro atoms. The van der Waals surface area contributed by atoms with Gasteiger partial charge in [0.05, 0.1) is 5.56 Å². The Labute approximate surface area is 114 Å². The molecule has 0 unspecified atom stereocenters. The van der Waals surface area contributed by atoms with Crippen molar-refractivity contribution < 1.29 is 9.59 Å². The fraction of sp³-hybridized carbons (Fsp3) is 0.167. The molecule has 2 N–H and O–H groups in total. The molecular weight excluding hydrogens is 260 g/mol. The SMILES string of the molecule is CC(=O)NC1=NC=CC(c2cnc(NC(C)=O)nc2)=[N+]1. The molecule has 1 aromatic rings. The molecule has 101 valence electrons. The number of amides is 2. The molecule has 8 nitrogen and oxygen atoms in total. The molecule has 0 fully saturated rings. The number of hydrogen-bond donors (Lipinski definition) is 2. The molecule has 20 heavy (non-hydrogen) atoms. The number of guanidine groups is 1. The molecule has 0 aliphatic carbocycles. The molecule has 2 rings (SSSR count). The molecular formula is C12H12N6O2+. The Morgan fingerprint density at radius 2 is 1.75 bits per heavy atom. The maximum absolute atomic E-state index is 11.0. The van der Waals surface area contributed by atoms with Crippen molar-refractivity contribution >= 4 is 29.4 Å². The van der Waals surface area contributed by atoms with Crippen LogP contribution in [0.2, 0.25) is 0 Å². The maximum Gasteiger partial charge on any atom is 0.433 e. The highest BCUT2D eigenvalue weighted by Gasteiger charge is 2.17. The minimum Gasteiger partial charge on any atom is -0.295 e. The smallest absolute Gasteiger partial charge is 0.295 e. The summed E-state index contributed by atoms with van der Waals surface area (Å²) in [7, 11) is 0. The first kappa shape index (κ1) is 13.5. The van der Waals surface area contributed by atoms with Gasteiger partial charge in [-0.15, -0.1) is 0 Å². The Hall–Kier alpha value is -2.90. The molecule has 0 bridgehead atoms. The molecule has 1 aliphatic rings. The maximum atomic E-state index is 11.0. The highest BCUT2D eigenvalue weighted by molar-refractivity contribution is 6.14. The van der Waals surface area contributed by atoms with E-state index in [9.17, 15) is 9.59 Å². The molecule has 0 saturated heterocycles. The summed E-state index contributed by atoms with van der Waals surface area (Å²) in [6, 6.07) is 0. The van der Waals surface area contributed by atoms with Crippen LogP contribution in [0.3, 0.4) is 0 Å². The minimum atomic E-state index is -0.251. The third-order valence-electron chi connectivity index (χ3n) is 2.18. The molecule has 1 aliphatic heterocycles. The fourth-order valence-electron chi connectivity index (χ4n) is 1.42. The van der Waals surface area contributed by atoms with Crippen molar-refractivity contribution in [1.82, 2.24) is 20.3 Å². The van der Waals surface area contributed by atoms with E-state index in [2.05, 4.69) is 30.6 Å². The molecule has 0 atom stereocenters. The van der Waals surface area contributed by atoms with Crippen molar-refractivity contribution in [1.29, 1.82) is 0 Å². The van der Waals surface area contributed by atoms with Gasteiger partial charge >= 0.3 is 5.96 Å². The number of nitrogens with one attached hydrogen (secondary N) is 2. The van der Waals surface area contributed by atoms with Crippen LogP contribution in [0.15, 0.2) is 29.7 Å². The van der Waals surface area contributed by atoms with Crippen LogP contribution < -0.4 is 15.6 Å². The van der Waals surface area contributed by atoms with E-state index in [0.717, 1.165) is 0 Å². The molecule has 1 radical (unpaired) electrons. The largest absolute Gasteiger partial charge is 0.433 e. The van der Waals surface area contributed by atoms with Crippen molar-refractivity contribution in [3.05, 3.63) is 30.2 Å². The zero-order valence-electron chi connectivity index (χ0n) is 10.9. The quantitative estimate of drug-likeness (QED) is 0.761. The highest BCUT2D eigenvalue weighted by atomic mass is 16.2. The topological polar surface area (TPSA) is 110 Å². The molecule has 1 aromatic heterocycles.